The minimum absolute atomic E-state index is 0.0267. The molecule has 1 saturated heterocycles. The molecule has 0 radical (unpaired) electrons. The van der Waals surface area contributed by atoms with Crippen molar-refractivity contribution in [1.29, 1.82) is 0 Å². The number of hydrogen-bond acceptors (Lipinski definition) is 5. The van der Waals surface area contributed by atoms with Gasteiger partial charge in [0.05, 0.1) is 14.0 Å². The molecule has 2 rings (SSSR count). The Kier molecular flexibility index (Phi) is 5.55. The maximum Gasteiger partial charge on any atom is 0.326 e. The molecular weight excluding hydrogens is 336 g/mol. The molecule has 2 aliphatic rings. The molecule has 0 spiro atoms. The predicted octanol–water partition coefficient (Wildman–Crippen LogP) is 1.94. The molecule has 1 saturated carbocycles. The van der Waals surface area contributed by atoms with Crippen LogP contribution < -0.4 is 5.32 Å². The summed E-state index contributed by atoms with van der Waals surface area (Å²) >= 11 is 0. The van der Waals surface area contributed by atoms with Gasteiger partial charge >= 0.3 is 11.9 Å². The smallest absolute Gasteiger partial charge is 0.326 e. The number of nitrogens with one attached hydrogen (secondary N) is 1. The molecule has 0 aromatic rings. The lowest BCUT2D eigenvalue weighted by Gasteiger charge is -2.35. The van der Waals surface area contributed by atoms with E-state index in [-0.39, 0.29) is 25.4 Å². The molecule has 7 heteroatoms. The summed E-state index contributed by atoms with van der Waals surface area (Å²) in [6, 6.07) is -5.61. The summed E-state index contributed by atoms with van der Waals surface area (Å²) in [4.78, 5) is 38.8. The van der Waals surface area contributed by atoms with E-state index in [1.165, 1.54) is 0 Å². The van der Waals surface area contributed by atoms with Gasteiger partial charge in [0, 0.05) is 10.2 Å². The Hall–Kier alpha value is -1.63. The van der Waals surface area contributed by atoms with Gasteiger partial charge in [0.25, 0.3) is 0 Å². The number of aliphatic carboxylic acids is 1. The fourth-order valence-corrected chi connectivity index (χ4v) is 4.12. The van der Waals surface area contributed by atoms with Crippen LogP contribution in [0.3, 0.4) is 0 Å². The Morgan fingerprint density at radius 3 is 2.69 bits per heavy atom. The molecule has 148 valence electrons. The number of fused-ring (bicyclic) bond motifs is 1. The molecule has 5 atom stereocenters. The Balaban J connectivity index is 2.42. The van der Waals surface area contributed by atoms with Crippen molar-refractivity contribution in [2.75, 3.05) is 6.61 Å². The number of carbonyl (C=O) groups excluding carboxylic acids is 2. The van der Waals surface area contributed by atoms with Crippen molar-refractivity contribution in [2.45, 2.75) is 89.8 Å². The van der Waals surface area contributed by atoms with Crippen LogP contribution in [0.5, 0.6) is 0 Å². The van der Waals surface area contributed by atoms with Crippen LogP contribution in [0.15, 0.2) is 0 Å². The van der Waals surface area contributed by atoms with E-state index >= 15 is 0 Å². The molecule has 0 bridgehead atoms. The van der Waals surface area contributed by atoms with Crippen molar-refractivity contribution in [3.8, 4) is 0 Å². The summed E-state index contributed by atoms with van der Waals surface area (Å²) in [5, 5.41) is 12.1. The number of carboxylic acids is 1. The summed E-state index contributed by atoms with van der Waals surface area (Å²) in [7, 11) is 0. The van der Waals surface area contributed by atoms with Crippen LogP contribution in [0.2, 0.25) is 0 Å². The quantitative estimate of drug-likeness (QED) is 0.632. The van der Waals surface area contributed by atoms with Crippen LogP contribution >= 0.6 is 0 Å². The number of ether oxygens (including phenoxy) is 1. The third-order valence-corrected chi connectivity index (χ3v) is 5.29. The van der Waals surface area contributed by atoms with Gasteiger partial charge in [0.2, 0.25) is 5.91 Å². The van der Waals surface area contributed by atoms with E-state index in [9.17, 15) is 19.5 Å². The Morgan fingerprint density at radius 1 is 1.35 bits per heavy atom. The van der Waals surface area contributed by atoms with Gasteiger partial charge in [-0.25, -0.2) is 4.79 Å². The third-order valence-electron chi connectivity index (χ3n) is 5.29. The van der Waals surface area contributed by atoms with Crippen LogP contribution in [0.4, 0.5) is 0 Å². The highest BCUT2D eigenvalue weighted by atomic mass is 16.5. The fraction of sp³-hybridized carbons (Fsp3) is 0.842. The van der Waals surface area contributed by atoms with Crippen molar-refractivity contribution in [3.63, 3.8) is 0 Å². The van der Waals surface area contributed by atoms with Gasteiger partial charge < -0.3 is 14.7 Å². The average Bonchev–Trinajstić information content (AvgIpc) is 3.06. The molecule has 2 N–H and O–H groups in total. The van der Waals surface area contributed by atoms with Crippen molar-refractivity contribution < 1.29 is 29.7 Å². The van der Waals surface area contributed by atoms with E-state index in [1.807, 2.05) is 0 Å². The van der Waals surface area contributed by atoms with Crippen LogP contribution in [0.25, 0.3) is 0 Å². The molecule has 7 nitrogen and oxygen atoms in total. The first-order valence-electron chi connectivity index (χ1n) is 11.5. The molecule has 1 aliphatic carbocycles. The number of esters is 1. The highest BCUT2D eigenvalue weighted by Gasteiger charge is 2.48. The van der Waals surface area contributed by atoms with Crippen LogP contribution in [-0.2, 0) is 19.1 Å². The van der Waals surface area contributed by atoms with Crippen LogP contribution in [-0.4, -0.2) is 58.6 Å². The molecule has 1 heterocycles. The van der Waals surface area contributed by atoms with E-state index in [1.54, 1.807) is 13.8 Å². The predicted molar refractivity (Wildman–Crippen MR) is 96.6 cm³/mol. The summed E-state index contributed by atoms with van der Waals surface area (Å²) in [6.45, 7) is 0.335. The maximum absolute atomic E-state index is 13.5. The summed E-state index contributed by atoms with van der Waals surface area (Å²) in [6.07, 6.45) is 4.01. The second-order valence-corrected chi connectivity index (χ2v) is 7.03. The zero-order valence-corrected chi connectivity index (χ0v) is 15.5. The lowest BCUT2D eigenvalue weighted by Crippen LogP contribution is -2.55. The maximum atomic E-state index is 13.5. The Bertz CT molecular complexity index is 659. The first-order chi connectivity index (χ1) is 14.0. The lowest BCUT2D eigenvalue weighted by atomic mass is 9.84. The molecular formula is C19H32N2O5. The van der Waals surface area contributed by atoms with E-state index in [0.29, 0.717) is 12.8 Å². The average molecular weight is 372 g/mol. The van der Waals surface area contributed by atoms with Gasteiger partial charge in [-0.3, -0.25) is 14.9 Å². The Morgan fingerprint density at radius 2 is 2.08 bits per heavy atom. The molecule has 0 unspecified atom stereocenters. The molecule has 2 fully saturated rings. The first-order valence-corrected chi connectivity index (χ1v) is 9.47. The van der Waals surface area contributed by atoms with Gasteiger partial charge in [-0.15, -0.1) is 0 Å². The van der Waals surface area contributed by atoms with Gasteiger partial charge in [0.15, 0.2) is 0 Å². The standard InChI is InChI=1S/C19H32N2O5/c1-4-8-14(19(25)26-5-2)20-12(3)17(22)21-15-10-7-6-9-13(15)11-16(21)18(23)24/h12-16,20H,4-11H2,1-3H3,(H,23,24)/t12-,13-,14+,15-,16-/m1/s1/i3D3,12D. The number of likely N-dealkylation sites (tertiary alicyclic amines) is 1. The van der Waals surface area contributed by atoms with Gasteiger partial charge in [-0.2, -0.15) is 0 Å². The van der Waals surface area contributed by atoms with Gasteiger partial charge in [-0.05, 0) is 45.4 Å². The largest absolute Gasteiger partial charge is 0.480 e. The molecule has 0 aromatic heterocycles. The number of nitrogens with zero attached hydrogens (tertiary/aromatic N) is 1. The molecule has 26 heavy (non-hydrogen) atoms. The fourth-order valence-electron chi connectivity index (χ4n) is 4.12. The molecule has 0 aromatic carbocycles. The Labute approximate surface area is 161 Å². The number of carbonyl (C=O) groups is 3. The van der Waals surface area contributed by atoms with Crippen LogP contribution in [0.1, 0.15) is 71.1 Å². The topological polar surface area (TPSA) is 95.9 Å². The van der Waals surface area contributed by atoms with Crippen molar-refractivity contribution >= 4 is 17.8 Å². The van der Waals surface area contributed by atoms with Gasteiger partial charge in [0.1, 0.15) is 12.1 Å². The molecule has 1 amide bonds. The monoisotopic (exact) mass is 372 g/mol. The number of rotatable bonds is 8. The van der Waals surface area contributed by atoms with Crippen molar-refractivity contribution in [2.24, 2.45) is 5.92 Å². The summed E-state index contributed by atoms with van der Waals surface area (Å²) in [5.41, 5.74) is 0. The number of amides is 1. The lowest BCUT2D eigenvalue weighted by molar-refractivity contribution is -0.152. The third kappa shape index (κ3) is 4.55. The number of carboxylic acid groups (broad SMARTS) is 1. The summed E-state index contributed by atoms with van der Waals surface area (Å²) < 4.78 is 37.3. The second-order valence-electron chi connectivity index (χ2n) is 7.03. The van der Waals surface area contributed by atoms with E-state index in [0.717, 1.165) is 24.2 Å². The highest BCUT2D eigenvalue weighted by molar-refractivity contribution is 5.88. The minimum Gasteiger partial charge on any atom is -0.480 e. The highest BCUT2D eigenvalue weighted by Crippen LogP contribution is 2.40. The normalized spacial score (nSPS) is 31.5. The van der Waals surface area contributed by atoms with Crippen molar-refractivity contribution in [1.82, 2.24) is 10.2 Å². The van der Waals surface area contributed by atoms with Gasteiger partial charge in [-0.1, -0.05) is 26.2 Å². The van der Waals surface area contributed by atoms with E-state index in [4.69, 9.17) is 10.2 Å². The van der Waals surface area contributed by atoms with Crippen molar-refractivity contribution in [3.05, 3.63) is 0 Å². The number of hydrogen-bond donors (Lipinski definition) is 2. The molecule has 1 aliphatic heterocycles. The minimum atomic E-state index is -3.13. The van der Waals surface area contributed by atoms with E-state index in [2.05, 4.69) is 5.32 Å². The summed E-state index contributed by atoms with van der Waals surface area (Å²) in [5.74, 6) is -3.09. The zero-order chi connectivity index (χ0) is 22.7. The SMILES string of the molecule is [2H]C([2H])([2H])[C@@]([2H])(N[C@@H](CCC)C(=O)OCC)C(=O)N1[C@@H](C(=O)O)C[C@H]2CCCC[C@H]21. The zero-order valence-electron chi connectivity index (χ0n) is 19.5. The first kappa shape index (κ1) is 15.4. The van der Waals surface area contributed by atoms with Crippen LogP contribution in [0, 0.1) is 5.92 Å². The second kappa shape index (κ2) is 9.35. The van der Waals surface area contributed by atoms with E-state index < -0.39 is 48.8 Å².